The Balaban J connectivity index is 1.26. The molecule has 7 nitrogen and oxygen atoms in total. The van der Waals surface area contributed by atoms with E-state index in [1.807, 2.05) is 35.2 Å². The zero-order chi connectivity index (χ0) is 25.1. The van der Waals surface area contributed by atoms with Gasteiger partial charge in [-0.1, -0.05) is 41.9 Å². The van der Waals surface area contributed by atoms with E-state index < -0.39 is 0 Å². The van der Waals surface area contributed by atoms with Crippen molar-refractivity contribution >= 4 is 45.0 Å². The number of benzene rings is 2. The summed E-state index contributed by atoms with van der Waals surface area (Å²) >= 11 is 9.97. The third-order valence-electron chi connectivity index (χ3n) is 6.29. The van der Waals surface area contributed by atoms with Crippen molar-refractivity contribution in [1.82, 2.24) is 24.8 Å². The van der Waals surface area contributed by atoms with Gasteiger partial charge in [-0.15, -0.1) is 0 Å². The third-order valence-corrected chi connectivity index (χ3v) is 7.18. The molecule has 0 spiro atoms. The number of carbonyl (C=O) groups excluding carboxylic acids is 1. The average molecular weight is 572 g/mol. The van der Waals surface area contributed by atoms with Gasteiger partial charge in [0.05, 0.1) is 16.4 Å². The Morgan fingerprint density at radius 2 is 2.06 bits per heavy atom. The van der Waals surface area contributed by atoms with Crippen molar-refractivity contribution in [1.29, 1.82) is 0 Å². The molecule has 2 amide bonds. The largest absolute Gasteiger partial charge is 0.370 e. The van der Waals surface area contributed by atoms with Gasteiger partial charge < -0.3 is 15.5 Å². The number of anilines is 1. The highest BCUT2D eigenvalue weighted by Gasteiger charge is 2.24. The van der Waals surface area contributed by atoms with E-state index in [0.29, 0.717) is 36.8 Å². The van der Waals surface area contributed by atoms with Crippen molar-refractivity contribution in [2.75, 3.05) is 25.0 Å². The molecule has 4 aromatic rings. The number of piperidine rings is 1. The Bertz CT molecular complexity index is 1400. The number of amides is 2. The zero-order valence-electron chi connectivity index (χ0n) is 19.4. The molecule has 5 rings (SSSR count). The number of nitrogens with one attached hydrogen (secondary N) is 2. The molecule has 2 aromatic carbocycles. The molecule has 0 radical (unpaired) electrons. The number of hydrogen-bond acceptors (Lipinski definition) is 4. The number of hydrogen-bond donors (Lipinski definition) is 2. The Kier molecular flexibility index (Phi) is 7.38. The molecule has 0 bridgehead atoms. The molecule has 2 N–H and O–H groups in total. The normalized spacial score (nSPS) is 15.8. The van der Waals surface area contributed by atoms with Crippen molar-refractivity contribution in [2.45, 2.75) is 19.4 Å². The fraction of sp³-hybridized carbons (Fsp3) is 0.269. The highest BCUT2D eigenvalue weighted by molar-refractivity contribution is 9.10. The van der Waals surface area contributed by atoms with E-state index in [1.165, 1.54) is 12.1 Å². The van der Waals surface area contributed by atoms with Crippen LogP contribution in [0.4, 0.5) is 15.0 Å². The standard InChI is InChI=1S/C26H25BrClFN6O/c27-21-15-32-35-24(12-23(33-25(21)35)20-8-1-2-9-22(20)28)30-14-18-6-4-10-34(16-18)26(36)31-13-17-5-3-7-19(29)11-17/h1-3,5,7-9,11-12,15,18,30H,4,6,10,13-14,16H2,(H,31,36). The topological polar surface area (TPSA) is 74.6 Å². The summed E-state index contributed by atoms with van der Waals surface area (Å²) in [5.74, 6) is 0.760. The maximum Gasteiger partial charge on any atom is 0.317 e. The predicted octanol–water partition coefficient (Wildman–Crippen LogP) is 5.99. The molecule has 10 heteroatoms. The van der Waals surface area contributed by atoms with Crippen LogP contribution < -0.4 is 10.6 Å². The van der Waals surface area contributed by atoms with E-state index in [0.717, 1.165) is 40.0 Å². The van der Waals surface area contributed by atoms with Crippen molar-refractivity contribution in [3.63, 3.8) is 0 Å². The molecule has 0 aliphatic carbocycles. The van der Waals surface area contributed by atoms with Crippen LogP contribution in [0.5, 0.6) is 0 Å². The molecule has 1 atom stereocenters. The number of nitrogens with zero attached hydrogens (tertiary/aromatic N) is 4. The second kappa shape index (κ2) is 10.8. The number of carbonyl (C=O) groups is 1. The minimum atomic E-state index is -0.307. The maximum absolute atomic E-state index is 13.4. The third kappa shape index (κ3) is 5.47. The van der Waals surface area contributed by atoms with E-state index in [1.54, 1.807) is 22.8 Å². The van der Waals surface area contributed by atoms with Crippen LogP contribution in [0, 0.1) is 11.7 Å². The molecule has 3 heterocycles. The summed E-state index contributed by atoms with van der Waals surface area (Å²) in [6.07, 6.45) is 3.65. The van der Waals surface area contributed by atoms with Gasteiger partial charge in [-0.2, -0.15) is 9.61 Å². The van der Waals surface area contributed by atoms with Crippen LogP contribution in [0.1, 0.15) is 18.4 Å². The smallest absolute Gasteiger partial charge is 0.317 e. The summed E-state index contributed by atoms with van der Waals surface area (Å²) in [5, 5.41) is 11.5. The van der Waals surface area contributed by atoms with Gasteiger partial charge in [-0.3, -0.25) is 0 Å². The van der Waals surface area contributed by atoms with Crippen molar-refractivity contribution in [2.24, 2.45) is 5.92 Å². The number of urea groups is 1. The Hall–Kier alpha value is -3.17. The number of fused-ring (bicyclic) bond motifs is 1. The van der Waals surface area contributed by atoms with Gasteiger partial charge in [-0.25, -0.2) is 14.2 Å². The van der Waals surface area contributed by atoms with Crippen LogP contribution in [0.3, 0.4) is 0 Å². The molecule has 186 valence electrons. The minimum absolute atomic E-state index is 0.132. The van der Waals surface area contributed by atoms with Gasteiger partial charge in [0.25, 0.3) is 0 Å². The van der Waals surface area contributed by atoms with Gasteiger partial charge in [0.1, 0.15) is 11.6 Å². The minimum Gasteiger partial charge on any atom is -0.370 e. The van der Waals surface area contributed by atoms with Gasteiger partial charge >= 0.3 is 6.03 Å². The Morgan fingerprint density at radius 3 is 2.89 bits per heavy atom. The van der Waals surface area contributed by atoms with Crippen LogP contribution in [-0.2, 0) is 6.54 Å². The van der Waals surface area contributed by atoms with Gasteiger partial charge in [-0.05, 0) is 58.5 Å². The van der Waals surface area contributed by atoms with E-state index in [4.69, 9.17) is 16.6 Å². The predicted molar refractivity (Wildman–Crippen MR) is 143 cm³/mol. The van der Waals surface area contributed by atoms with Crippen molar-refractivity contribution in [3.05, 3.63) is 81.7 Å². The lowest BCUT2D eigenvalue weighted by Crippen LogP contribution is -2.46. The van der Waals surface area contributed by atoms with Gasteiger partial charge in [0, 0.05) is 42.8 Å². The molecule has 1 fully saturated rings. The lowest BCUT2D eigenvalue weighted by Gasteiger charge is -2.33. The summed E-state index contributed by atoms with van der Waals surface area (Å²) in [6.45, 7) is 2.31. The molecule has 2 aromatic heterocycles. The fourth-order valence-electron chi connectivity index (χ4n) is 4.47. The molecule has 36 heavy (non-hydrogen) atoms. The van der Waals surface area contributed by atoms with Crippen molar-refractivity contribution < 1.29 is 9.18 Å². The SMILES string of the molecule is O=C(NCc1cccc(F)c1)N1CCCC(CNc2cc(-c3ccccc3Cl)nc3c(Br)cnn23)C1. The number of halogens is 3. The van der Waals surface area contributed by atoms with E-state index >= 15 is 0 Å². The molecule has 1 aliphatic rings. The monoisotopic (exact) mass is 570 g/mol. The average Bonchev–Trinajstić information content (AvgIpc) is 3.27. The zero-order valence-corrected chi connectivity index (χ0v) is 21.8. The molecular formula is C26H25BrClFN6O. The van der Waals surface area contributed by atoms with Crippen LogP contribution in [0.2, 0.25) is 5.02 Å². The second-order valence-corrected chi connectivity index (χ2v) is 10.1. The lowest BCUT2D eigenvalue weighted by atomic mass is 9.98. The Labute approximate surface area is 221 Å². The number of rotatable bonds is 6. The molecule has 1 aliphatic heterocycles. The summed E-state index contributed by atoms with van der Waals surface area (Å²) < 4.78 is 16.0. The van der Waals surface area contributed by atoms with E-state index in [-0.39, 0.29) is 17.8 Å². The van der Waals surface area contributed by atoms with Crippen molar-refractivity contribution in [3.8, 4) is 11.3 Å². The lowest BCUT2D eigenvalue weighted by molar-refractivity contribution is 0.168. The van der Waals surface area contributed by atoms with Crippen LogP contribution in [-0.4, -0.2) is 45.2 Å². The number of aromatic nitrogens is 3. The number of likely N-dealkylation sites (tertiary alicyclic amines) is 1. The molecule has 1 saturated heterocycles. The molecule has 0 saturated carbocycles. The molecular weight excluding hydrogens is 547 g/mol. The van der Waals surface area contributed by atoms with Gasteiger partial charge in [0.15, 0.2) is 5.65 Å². The first kappa shape index (κ1) is 24.5. The molecule has 1 unspecified atom stereocenters. The summed E-state index contributed by atoms with van der Waals surface area (Å²) in [7, 11) is 0. The highest BCUT2D eigenvalue weighted by atomic mass is 79.9. The van der Waals surface area contributed by atoms with Crippen LogP contribution in [0.15, 0.2) is 65.3 Å². The summed E-state index contributed by atoms with van der Waals surface area (Å²) in [6, 6.07) is 15.7. The second-order valence-electron chi connectivity index (χ2n) is 8.86. The van der Waals surface area contributed by atoms with Gasteiger partial charge in [0.2, 0.25) is 0 Å². The summed E-state index contributed by atoms with van der Waals surface area (Å²) in [4.78, 5) is 19.3. The maximum atomic E-state index is 13.4. The summed E-state index contributed by atoms with van der Waals surface area (Å²) in [5.41, 5.74) is 3.02. The fourth-order valence-corrected chi connectivity index (χ4v) is 5.05. The van der Waals surface area contributed by atoms with E-state index in [2.05, 4.69) is 31.7 Å². The Morgan fingerprint density at radius 1 is 1.19 bits per heavy atom. The van der Waals surface area contributed by atoms with E-state index in [9.17, 15) is 9.18 Å². The quantitative estimate of drug-likeness (QED) is 0.298. The van der Waals surface area contributed by atoms with Crippen LogP contribution in [0.25, 0.3) is 16.9 Å². The first-order valence-electron chi connectivity index (χ1n) is 11.8. The highest BCUT2D eigenvalue weighted by Crippen LogP contribution is 2.30. The first-order chi connectivity index (χ1) is 17.5. The first-order valence-corrected chi connectivity index (χ1v) is 13.0. The van der Waals surface area contributed by atoms with Crippen LogP contribution >= 0.6 is 27.5 Å².